The standard InChI is InChI=1S/C15H14N2O2/c1-5-11-7-6-8-12(15(18)19)14(11)13-9(2)16-17(4)10(13)3/h1,6-8H,2-4H3,(H,18,19). The number of hydrogen-bond donors (Lipinski definition) is 1. The molecule has 0 saturated carbocycles. The van der Waals surface area contributed by atoms with Crippen LogP contribution in [0.5, 0.6) is 0 Å². The Balaban J connectivity index is 2.88. The van der Waals surface area contributed by atoms with Crippen molar-refractivity contribution in [1.29, 1.82) is 0 Å². The van der Waals surface area contributed by atoms with Crippen molar-refractivity contribution in [3.05, 3.63) is 40.7 Å². The molecule has 1 aromatic carbocycles. The van der Waals surface area contributed by atoms with Crippen molar-refractivity contribution >= 4 is 5.97 Å². The number of aryl methyl sites for hydroxylation is 2. The van der Waals surface area contributed by atoms with Crippen molar-refractivity contribution in [2.24, 2.45) is 7.05 Å². The van der Waals surface area contributed by atoms with E-state index < -0.39 is 5.97 Å². The second-order valence-electron chi connectivity index (χ2n) is 4.35. The lowest BCUT2D eigenvalue weighted by molar-refractivity contribution is 0.0697. The van der Waals surface area contributed by atoms with E-state index in [9.17, 15) is 9.90 Å². The lowest BCUT2D eigenvalue weighted by atomic mass is 9.93. The third kappa shape index (κ3) is 2.00. The van der Waals surface area contributed by atoms with Crippen LogP contribution in [0.4, 0.5) is 0 Å². The third-order valence-corrected chi connectivity index (χ3v) is 3.21. The normalized spacial score (nSPS) is 10.2. The summed E-state index contributed by atoms with van der Waals surface area (Å²) < 4.78 is 1.73. The maximum absolute atomic E-state index is 11.4. The van der Waals surface area contributed by atoms with Gasteiger partial charge in [0.1, 0.15) is 0 Å². The van der Waals surface area contributed by atoms with Gasteiger partial charge in [-0.05, 0) is 26.0 Å². The zero-order valence-corrected chi connectivity index (χ0v) is 11.1. The number of carboxylic acids is 1. The predicted molar refractivity (Wildman–Crippen MR) is 73.0 cm³/mol. The number of carbonyl (C=O) groups is 1. The summed E-state index contributed by atoms with van der Waals surface area (Å²) in [5.41, 5.74) is 3.80. The van der Waals surface area contributed by atoms with Crippen LogP contribution < -0.4 is 0 Å². The van der Waals surface area contributed by atoms with Crippen LogP contribution in [0.3, 0.4) is 0 Å². The highest BCUT2D eigenvalue weighted by Gasteiger charge is 2.20. The smallest absolute Gasteiger partial charge is 0.336 e. The minimum absolute atomic E-state index is 0.203. The highest BCUT2D eigenvalue weighted by molar-refractivity contribution is 5.98. The van der Waals surface area contributed by atoms with Crippen molar-refractivity contribution in [2.75, 3.05) is 0 Å². The van der Waals surface area contributed by atoms with Crippen LogP contribution in [0.15, 0.2) is 18.2 Å². The molecule has 4 heteroatoms. The Kier molecular flexibility index (Phi) is 3.14. The lowest BCUT2D eigenvalue weighted by Gasteiger charge is -2.09. The molecule has 0 unspecified atom stereocenters. The molecule has 0 amide bonds. The van der Waals surface area contributed by atoms with Gasteiger partial charge in [0.05, 0.1) is 11.3 Å². The fraction of sp³-hybridized carbons (Fsp3) is 0.200. The van der Waals surface area contributed by atoms with Gasteiger partial charge in [-0.25, -0.2) is 4.79 Å². The quantitative estimate of drug-likeness (QED) is 0.837. The van der Waals surface area contributed by atoms with Gasteiger partial charge in [0.2, 0.25) is 0 Å². The van der Waals surface area contributed by atoms with E-state index in [4.69, 9.17) is 6.42 Å². The van der Waals surface area contributed by atoms with Crippen molar-refractivity contribution in [1.82, 2.24) is 9.78 Å². The summed E-state index contributed by atoms with van der Waals surface area (Å²) in [6.45, 7) is 3.75. The average molecular weight is 254 g/mol. The fourth-order valence-corrected chi connectivity index (χ4v) is 2.26. The molecule has 0 fully saturated rings. The Morgan fingerprint density at radius 2 is 2.05 bits per heavy atom. The molecular formula is C15H14N2O2. The van der Waals surface area contributed by atoms with Crippen LogP contribution >= 0.6 is 0 Å². The van der Waals surface area contributed by atoms with Gasteiger partial charge in [-0.1, -0.05) is 12.0 Å². The minimum Gasteiger partial charge on any atom is -0.478 e. The minimum atomic E-state index is -0.991. The molecule has 96 valence electrons. The van der Waals surface area contributed by atoms with Crippen LogP contribution in [0, 0.1) is 26.2 Å². The maximum atomic E-state index is 11.4. The molecule has 0 aliphatic carbocycles. The summed E-state index contributed by atoms with van der Waals surface area (Å²) in [6.07, 6.45) is 5.49. The number of nitrogens with zero attached hydrogens (tertiary/aromatic N) is 2. The predicted octanol–water partition coefficient (Wildman–Crippen LogP) is 2.38. The van der Waals surface area contributed by atoms with Crippen molar-refractivity contribution < 1.29 is 9.90 Å². The Morgan fingerprint density at radius 1 is 1.37 bits per heavy atom. The van der Waals surface area contributed by atoms with E-state index in [2.05, 4.69) is 11.0 Å². The highest BCUT2D eigenvalue weighted by atomic mass is 16.4. The van der Waals surface area contributed by atoms with E-state index in [1.807, 2.05) is 20.9 Å². The number of carboxylic acid groups (broad SMARTS) is 1. The summed E-state index contributed by atoms with van der Waals surface area (Å²) in [4.78, 5) is 11.4. The Morgan fingerprint density at radius 3 is 2.53 bits per heavy atom. The molecule has 19 heavy (non-hydrogen) atoms. The zero-order chi connectivity index (χ0) is 14.2. The van der Waals surface area contributed by atoms with Gasteiger partial charge in [0.25, 0.3) is 0 Å². The number of hydrogen-bond acceptors (Lipinski definition) is 2. The number of benzene rings is 1. The average Bonchev–Trinajstić information content (AvgIpc) is 2.62. The molecule has 1 heterocycles. The summed E-state index contributed by atoms with van der Waals surface area (Å²) in [7, 11) is 1.82. The molecule has 4 nitrogen and oxygen atoms in total. The first-order valence-corrected chi connectivity index (χ1v) is 5.80. The monoisotopic (exact) mass is 254 g/mol. The van der Waals surface area contributed by atoms with Gasteiger partial charge in [-0.2, -0.15) is 5.10 Å². The van der Waals surface area contributed by atoms with Gasteiger partial charge in [-0.3, -0.25) is 4.68 Å². The molecule has 0 radical (unpaired) electrons. The zero-order valence-electron chi connectivity index (χ0n) is 11.1. The molecular weight excluding hydrogens is 240 g/mol. The Bertz CT molecular complexity index is 706. The van der Waals surface area contributed by atoms with Crippen LogP contribution in [-0.2, 0) is 7.05 Å². The Hall–Kier alpha value is -2.54. The maximum Gasteiger partial charge on any atom is 0.336 e. The second-order valence-corrected chi connectivity index (χ2v) is 4.35. The van der Waals surface area contributed by atoms with Crippen LogP contribution in [0.2, 0.25) is 0 Å². The summed E-state index contributed by atoms with van der Waals surface area (Å²) in [5.74, 6) is 1.56. The topological polar surface area (TPSA) is 55.1 Å². The summed E-state index contributed by atoms with van der Waals surface area (Å²) >= 11 is 0. The van der Waals surface area contributed by atoms with E-state index in [0.717, 1.165) is 17.0 Å². The highest BCUT2D eigenvalue weighted by Crippen LogP contribution is 2.32. The lowest BCUT2D eigenvalue weighted by Crippen LogP contribution is -2.02. The third-order valence-electron chi connectivity index (χ3n) is 3.21. The molecule has 0 spiro atoms. The second kappa shape index (κ2) is 4.62. The SMILES string of the molecule is C#Cc1cccc(C(=O)O)c1-c1c(C)nn(C)c1C. The Labute approximate surface area is 111 Å². The number of rotatable bonds is 2. The van der Waals surface area contributed by atoms with E-state index in [0.29, 0.717) is 11.1 Å². The molecule has 0 bridgehead atoms. The summed E-state index contributed by atoms with van der Waals surface area (Å²) in [6, 6.07) is 4.96. The van der Waals surface area contributed by atoms with E-state index in [1.54, 1.807) is 22.9 Å². The molecule has 0 atom stereocenters. The molecule has 1 N–H and O–H groups in total. The van der Waals surface area contributed by atoms with Crippen molar-refractivity contribution in [3.8, 4) is 23.5 Å². The molecule has 0 aliphatic rings. The largest absolute Gasteiger partial charge is 0.478 e. The van der Waals surface area contributed by atoms with Gasteiger partial charge in [0, 0.05) is 29.4 Å². The van der Waals surface area contributed by atoms with Crippen LogP contribution in [0.1, 0.15) is 27.3 Å². The molecule has 2 aromatic rings. The summed E-state index contributed by atoms with van der Waals surface area (Å²) in [5, 5.41) is 13.7. The van der Waals surface area contributed by atoms with Gasteiger partial charge < -0.3 is 5.11 Å². The van der Waals surface area contributed by atoms with Gasteiger partial charge >= 0.3 is 5.97 Å². The first kappa shape index (κ1) is 12.9. The molecule has 2 rings (SSSR count). The van der Waals surface area contributed by atoms with Crippen molar-refractivity contribution in [2.45, 2.75) is 13.8 Å². The van der Waals surface area contributed by atoms with Crippen molar-refractivity contribution in [3.63, 3.8) is 0 Å². The molecule has 0 saturated heterocycles. The number of terminal acetylenes is 1. The first-order chi connectivity index (χ1) is 8.97. The number of aromatic carboxylic acids is 1. The fourth-order valence-electron chi connectivity index (χ4n) is 2.26. The van der Waals surface area contributed by atoms with E-state index in [-0.39, 0.29) is 5.56 Å². The van der Waals surface area contributed by atoms with E-state index in [1.165, 1.54) is 0 Å². The molecule has 0 aliphatic heterocycles. The molecule has 1 aromatic heterocycles. The van der Waals surface area contributed by atoms with Crippen LogP contribution in [-0.4, -0.2) is 20.9 Å². The van der Waals surface area contributed by atoms with Gasteiger partial charge in [-0.15, -0.1) is 6.42 Å². The van der Waals surface area contributed by atoms with E-state index >= 15 is 0 Å². The number of aromatic nitrogens is 2. The van der Waals surface area contributed by atoms with Gasteiger partial charge in [0.15, 0.2) is 0 Å². The van der Waals surface area contributed by atoms with Crippen LogP contribution in [0.25, 0.3) is 11.1 Å². The first-order valence-electron chi connectivity index (χ1n) is 5.80.